The lowest BCUT2D eigenvalue weighted by Gasteiger charge is -2.03. The van der Waals surface area contributed by atoms with Gasteiger partial charge in [0.05, 0.1) is 11.3 Å². The van der Waals surface area contributed by atoms with Gasteiger partial charge in [-0.2, -0.15) is 0 Å². The largest absolute Gasteiger partial charge is 0.478 e. The molecule has 1 aromatic carbocycles. The minimum atomic E-state index is -0.895. The number of nitrogens with zero attached hydrogens (tertiary/aromatic N) is 2. The van der Waals surface area contributed by atoms with E-state index in [1.165, 1.54) is 11.8 Å². The Morgan fingerprint density at radius 2 is 2.26 bits per heavy atom. The molecular weight excluding hydrogens is 280 g/mol. The average molecular weight is 290 g/mol. The summed E-state index contributed by atoms with van der Waals surface area (Å²) in [4.78, 5) is 17.3. The summed E-state index contributed by atoms with van der Waals surface area (Å²) in [5.41, 5.74) is 1.30. The highest BCUT2D eigenvalue weighted by Gasteiger charge is 2.10. The molecule has 0 radical (unpaired) electrons. The normalized spacial score (nSPS) is 10.9. The first-order chi connectivity index (χ1) is 9.24. The minimum Gasteiger partial charge on any atom is -0.478 e. The van der Waals surface area contributed by atoms with Gasteiger partial charge in [-0.15, -0.1) is 23.1 Å². The van der Waals surface area contributed by atoms with Crippen molar-refractivity contribution in [2.75, 3.05) is 0 Å². The van der Waals surface area contributed by atoms with Crippen molar-refractivity contribution >= 4 is 34.0 Å². The van der Waals surface area contributed by atoms with E-state index in [1.807, 2.05) is 34.3 Å². The van der Waals surface area contributed by atoms with Gasteiger partial charge >= 0.3 is 5.97 Å². The summed E-state index contributed by atoms with van der Waals surface area (Å²) in [6.07, 6.45) is 3.94. The number of rotatable bonds is 4. The molecule has 3 aromatic rings. The number of aromatic nitrogens is 2. The highest BCUT2D eigenvalue weighted by atomic mass is 32.2. The maximum absolute atomic E-state index is 11.1. The molecule has 0 amide bonds. The summed E-state index contributed by atoms with van der Waals surface area (Å²) in [6.45, 7) is 0. The van der Waals surface area contributed by atoms with Crippen LogP contribution in [0, 0.1) is 0 Å². The smallest absolute Gasteiger partial charge is 0.336 e. The number of hydrogen-bond acceptors (Lipinski definition) is 4. The van der Waals surface area contributed by atoms with E-state index in [0.717, 1.165) is 15.6 Å². The van der Waals surface area contributed by atoms with Gasteiger partial charge in [-0.05, 0) is 12.1 Å². The highest BCUT2D eigenvalue weighted by Crippen LogP contribution is 2.26. The van der Waals surface area contributed by atoms with Crippen LogP contribution in [0.15, 0.2) is 46.9 Å². The Kier molecular flexibility index (Phi) is 3.27. The molecule has 2 aromatic heterocycles. The predicted octanol–water partition coefficient (Wildman–Crippen LogP) is 3.39. The van der Waals surface area contributed by atoms with Gasteiger partial charge in [-0.1, -0.05) is 12.1 Å². The summed E-state index contributed by atoms with van der Waals surface area (Å²) in [5.74, 6) is -0.229. The van der Waals surface area contributed by atoms with Crippen LogP contribution in [0.2, 0.25) is 0 Å². The summed E-state index contributed by atoms with van der Waals surface area (Å²) in [6, 6.07) is 7.03. The van der Waals surface area contributed by atoms with Gasteiger partial charge in [0.15, 0.2) is 4.96 Å². The highest BCUT2D eigenvalue weighted by molar-refractivity contribution is 7.98. The van der Waals surface area contributed by atoms with Gasteiger partial charge in [0.25, 0.3) is 0 Å². The summed E-state index contributed by atoms with van der Waals surface area (Å²) in [7, 11) is 0. The van der Waals surface area contributed by atoms with E-state index in [9.17, 15) is 4.79 Å². The van der Waals surface area contributed by atoms with Gasteiger partial charge in [-0.25, -0.2) is 9.78 Å². The molecule has 0 fully saturated rings. The van der Waals surface area contributed by atoms with Crippen molar-refractivity contribution in [1.29, 1.82) is 0 Å². The van der Waals surface area contributed by atoms with E-state index >= 15 is 0 Å². The van der Waals surface area contributed by atoms with Crippen LogP contribution in [0.25, 0.3) is 4.96 Å². The monoisotopic (exact) mass is 290 g/mol. The maximum atomic E-state index is 11.1. The van der Waals surface area contributed by atoms with Crippen molar-refractivity contribution in [2.45, 2.75) is 10.6 Å². The first-order valence-electron chi connectivity index (χ1n) is 5.60. The Bertz CT molecular complexity index is 704. The lowest BCUT2D eigenvalue weighted by molar-refractivity contribution is 0.0693. The molecule has 19 heavy (non-hydrogen) atoms. The second kappa shape index (κ2) is 5.07. The molecule has 0 unspecified atom stereocenters. The molecule has 0 spiro atoms. The lowest BCUT2D eigenvalue weighted by Crippen LogP contribution is -1.98. The number of imidazole rings is 1. The van der Waals surface area contributed by atoms with Crippen LogP contribution in [-0.4, -0.2) is 20.5 Å². The van der Waals surface area contributed by atoms with Crippen LogP contribution >= 0.6 is 23.1 Å². The zero-order valence-corrected chi connectivity index (χ0v) is 11.4. The summed E-state index contributed by atoms with van der Waals surface area (Å²) >= 11 is 3.08. The fraction of sp³-hybridized carbons (Fsp3) is 0.0769. The molecule has 0 saturated heterocycles. The number of carboxylic acids is 1. The van der Waals surface area contributed by atoms with Crippen molar-refractivity contribution in [3.8, 4) is 0 Å². The number of carboxylic acid groups (broad SMARTS) is 1. The van der Waals surface area contributed by atoms with Gasteiger partial charge in [0.1, 0.15) is 0 Å². The molecule has 1 N–H and O–H groups in total. The molecule has 0 atom stereocenters. The molecule has 6 heteroatoms. The van der Waals surface area contributed by atoms with Gasteiger partial charge < -0.3 is 5.11 Å². The van der Waals surface area contributed by atoms with E-state index in [4.69, 9.17) is 5.11 Å². The topological polar surface area (TPSA) is 54.6 Å². The van der Waals surface area contributed by atoms with Crippen LogP contribution in [-0.2, 0) is 5.75 Å². The fourth-order valence-electron chi connectivity index (χ4n) is 1.77. The molecule has 4 nitrogen and oxygen atoms in total. The Labute approximate surface area is 117 Å². The Morgan fingerprint density at radius 1 is 1.42 bits per heavy atom. The zero-order valence-electron chi connectivity index (χ0n) is 9.81. The molecule has 2 heterocycles. The third-order valence-electron chi connectivity index (χ3n) is 2.64. The molecule has 3 rings (SSSR count). The van der Waals surface area contributed by atoms with Gasteiger partial charge in [-0.3, -0.25) is 4.40 Å². The van der Waals surface area contributed by atoms with Crippen molar-refractivity contribution in [2.24, 2.45) is 0 Å². The fourth-order valence-corrected chi connectivity index (χ4v) is 3.41. The predicted molar refractivity (Wildman–Crippen MR) is 76.0 cm³/mol. The van der Waals surface area contributed by atoms with Crippen LogP contribution in [0.5, 0.6) is 0 Å². The zero-order chi connectivity index (χ0) is 13.2. The van der Waals surface area contributed by atoms with Crippen LogP contribution in [0.4, 0.5) is 0 Å². The van der Waals surface area contributed by atoms with E-state index in [-0.39, 0.29) is 0 Å². The number of carbonyl (C=O) groups is 1. The van der Waals surface area contributed by atoms with Crippen molar-refractivity contribution in [3.05, 3.63) is 53.3 Å². The van der Waals surface area contributed by atoms with E-state index < -0.39 is 5.97 Å². The lowest BCUT2D eigenvalue weighted by atomic mass is 10.2. The molecule has 0 saturated carbocycles. The Balaban J connectivity index is 1.79. The SMILES string of the molecule is O=C(O)c1ccccc1SCc1cn2ccsc2n1. The van der Waals surface area contributed by atoms with Crippen LogP contribution in [0.3, 0.4) is 0 Å². The Hall–Kier alpha value is -1.79. The van der Waals surface area contributed by atoms with E-state index in [2.05, 4.69) is 4.98 Å². The number of aromatic carboxylic acids is 1. The number of thioether (sulfide) groups is 1. The minimum absolute atomic E-state index is 0.341. The van der Waals surface area contributed by atoms with Gasteiger partial charge in [0.2, 0.25) is 0 Å². The third-order valence-corrected chi connectivity index (χ3v) is 4.51. The molecule has 0 aliphatic rings. The quantitative estimate of drug-likeness (QED) is 0.748. The molecule has 0 aliphatic carbocycles. The third kappa shape index (κ3) is 2.50. The molecule has 0 bridgehead atoms. The average Bonchev–Trinajstić information content (AvgIpc) is 2.97. The van der Waals surface area contributed by atoms with Crippen LogP contribution in [0.1, 0.15) is 16.1 Å². The van der Waals surface area contributed by atoms with Crippen molar-refractivity contribution < 1.29 is 9.90 Å². The number of thiazole rings is 1. The van der Waals surface area contributed by atoms with Gasteiger partial charge in [0, 0.05) is 28.4 Å². The van der Waals surface area contributed by atoms with Crippen molar-refractivity contribution in [3.63, 3.8) is 0 Å². The van der Waals surface area contributed by atoms with Crippen LogP contribution < -0.4 is 0 Å². The molecule has 0 aliphatic heterocycles. The molecular formula is C13H10N2O2S2. The van der Waals surface area contributed by atoms with E-state index in [1.54, 1.807) is 23.5 Å². The second-order valence-corrected chi connectivity index (χ2v) is 5.81. The molecule has 96 valence electrons. The standard InChI is InChI=1S/C13H10N2O2S2/c16-12(17)10-3-1-2-4-11(10)19-8-9-7-15-5-6-18-13(15)14-9/h1-7H,8H2,(H,16,17). The van der Waals surface area contributed by atoms with Crippen molar-refractivity contribution in [1.82, 2.24) is 9.38 Å². The first-order valence-corrected chi connectivity index (χ1v) is 7.47. The summed E-state index contributed by atoms with van der Waals surface area (Å²) in [5, 5.41) is 11.1. The second-order valence-electron chi connectivity index (χ2n) is 3.92. The Morgan fingerprint density at radius 3 is 3.05 bits per heavy atom. The number of fused-ring (bicyclic) bond motifs is 1. The number of hydrogen-bond donors (Lipinski definition) is 1. The first kappa shape index (κ1) is 12.3. The maximum Gasteiger partial charge on any atom is 0.336 e. The summed E-state index contributed by atoms with van der Waals surface area (Å²) < 4.78 is 1.98. The number of benzene rings is 1. The van der Waals surface area contributed by atoms with E-state index in [0.29, 0.717) is 11.3 Å².